The minimum atomic E-state index is -0.370. The van der Waals surface area contributed by atoms with E-state index in [1.54, 1.807) is 16.7 Å². The third kappa shape index (κ3) is 5.63. The lowest BCUT2D eigenvalue weighted by atomic mass is 10.1. The molecule has 38 heavy (non-hydrogen) atoms. The zero-order chi connectivity index (χ0) is 26.6. The van der Waals surface area contributed by atoms with Crippen molar-refractivity contribution < 1.29 is 14.3 Å². The van der Waals surface area contributed by atoms with Gasteiger partial charge in [-0.15, -0.1) is 0 Å². The van der Waals surface area contributed by atoms with E-state index in [0.29, 0.717) is 32.8 Å². The fourth-order valence-electron chi connectivity index (χ4n) is 4.81. The number of carbonyl (C=O) groups is 2. The fourth-order valence-corrected chi connectivity index (χ4v) is 5.50. The summed E-state index contributed by atoms with van der Waals surface area (Å²) in [6.45, 7) is 10.4. The molecule has 202 valence electrons. The molecular formula is C27H35N7O3S. The standard InChI is InChI=1S/C27H35N7O3S/c1-4-13-38-27-30-24(32-9-11-37-12-10-32)22-16-29-34(25(22)31-27)8-7-28-26(36)20-15-23(35)33(17-20)21-6-5-18(2)19(3)14-21/h5-6,14,16,20H,4,7-13,15,17H2,1-3H3,(H,28,36). The largest absolute Gasteiger partial charge is 0.378 e. The van der Waals surface area contributed by atoms with Crippen molar-refractivity contribution in [3.8, 4) is 0 Å². The van der Waals surface area contributed by atoms with E-state index in [0.717, 1.165) is 58.5 Å². The molecule has 4 heterocycles. The molecule has 10 nitrogen and oxygen atoms in total. The maximum Gasteiger partial charge on any atom is 0.227 e. The van der Waals surface area contributed by atoms with E-state index in [9.17, 15) is 9.59 Å². The summed E-state index contributed by atoms with van der Waals surface area (Å²) in [5.41, 5.74) is 3.93. The lowest BCUT2D eigenvalue weighted by Gasteiger charge is -2.28. The first-order chi connectivity index (χ1) is 18.4. The molecule has 2 aliphatic heterocycles. The van der Waals surface area contributed by atoms with Crippen LogP contribution in [0, 0.1) is 19.8 Å². The molecular weight excluding hydrogens is 502 g/mol. The van der Waals surface area contributed by atoms with Crippen LogP contribution in [0.3, 0.4) is 0 Å². The van der Waals surface area contributed by atoms with Crippen molar-refractivity contribution in [2.45, 2.75) is 45.3 Å². The number of nitrogens with one attached hydrogen (secondary N) is 1. The van der Waals surface area contributed by atoms with E-state index in [1.165, 1.54) is 5.56 Å². The molecule has 0 aliphatic carbocycles. The van der Waals surface area contributed by atoms with Crippen LogP contribution >= 0.6 is 11.8 Å². The minimum absolute atomic E-state index is 0.0177. The Labute approximate surface area is 227 Å². The van der Waals surface area contributed by atoms with Gasteiger partial charge in [0.05, 0.1) is 37.3 Å². The van der Waals surface area contributed by atoms with Crippen molar-refractivity contribution >= 4 is 46.1 Å². The number of amides is 2. The van der Waals surface area contributed by atoms with Crippen LogP contribution in [0.2, 0.25) is 0 Å². The molecule has 3 aromatic rings. The number of benzene rings is 1. The molecule has 2 fully saturated rings. The van der Waals surface area contributed by atoms with Crippen molar-refractivity contribution in [2.75, 3.05) is 54.9 Å². The van der Waals surface area contributed by atoms with Crippen molar-refractivity contribution in [1.29, 1.82) is 0 Å². The van der Waals surface area contributed by atoms with Crippen molar-refractivity contribution in [3.63, 3.8) is 0 Å². The van der Waals surface area contributed by atoms with E-state index in [4.69, 9.17) is 14.7 Å². The summed E-state index contributed by atoms with van der Waals surface area (Å²) >= 11 is 1.64. The third-order valence-corrected chi connectivity index (χ3v) is 8.18. The first-order valence-corrected chi connectivity index (χ1v) is 14.3. The Morgan fingerprint density at radius 3 is 2.76 bits per heavy atom. The van der Waals surface area contributed by atoms with Crippen LogP contribution < -0.4 is 15.1 Å². The Hall–Kier alpha value is -3.18. The Morgan fingerprint density at radius 2 is 2.00 bits per heavy atom. The van der Waals surface area contributed by atoms with Gasteiger partial charge in [-0.25, -0.2) is 14.6 Å². The number of nitrogens with zero attached hydrogens (tertiary/aromatic N) is 6. The Kier molecular flexibility index (Phi) is 8.13. The lowest BCUT2D eigenvalue weighted by Crippen LogP contribution is -2.37. The Balaban J connectivity index is 1.25. The Bertz CT molecular complexity index is 1320. The zero-order valence-electron chi connectivity index (χ0n) is 22.3. The van der Waals surface area contributed by atoms with Gasteiger partial charge < -0.3 is 19.9 Å². The van der Waals surface area contributed by atoms with Crippen LogP contribution in [-0.2, 0) is 20.9 Å². The molecule has 2 aliphatic rings. The summed E-state index contributed by atoms with van der Waals surface area (Å²) in [7, 11) is 0. The van der Waals surface area contributed by atoms with Crippen LogP contribution in [0.4, 0.5) is 11.5 Å². The maximum absolute atomic E-state index is 12.9. The molecule has 1 unspecified atom stereocenters. The van der Waals surface area contributed by atoms with Gasteiger partial charge >= 0.3 is 0 Å². The van der Waals surface area contributed by atoms with E-state index in [-0.39, 0.29) is 24.2 Å². The molecule has 0 radical (unpaired) electrons. The molecule has 1 atom stereocenters. The number of anilines is 2. The highest BCUT2D eigenvalue weighted by Crippen LogP contribution is 2.29. The van der Waals surface area contributed by atoms with Crippen LogP contribution in [-0.4, -0.2) is 76.7 Å². The summed E-state index contributed by atoms with van der Waals surface area (Å²) in [5.74, 6) is 1.34. The first kappa shape index (κ1) is 26.4. The molecule has 5 rings (SSSR count). The van der Waals surface area contributed by atoms with Gasteiger partial charge in [0.25, 0.3) is 0 Å². The summed E-state index contributed by atoms with van der Waals surface area (Å²) < 4.78 is 7.36. The van der Waals surface area contributed by atoms with Crippen molar-refractivity contribution in [3.05, 3.63) is 35.5 Å². The molecule has 0 saturated carbocycles. The number of thioether (sulfide) groups is 1. The second-order valence-electron chi connectivity index (χ2n) is 9.85. The predicted molar refractivity (Wildman–Crippen MR) is 149 cm³/mol. The minimum Gasteiger partial charge on any atom is -0.378 e. The maximum atomic E-state index is 12.9. The summed E-state index contributed by atoms with van der Waals surface area (Å²) in [6.07, 6.45) is 3.07. The van der Waals surface area contributed by atoms with E-state index in [1.807, 2.05) is 42.9 Å². The highest BCUT2D eigenvalue weighted by atomic mass is 32.2. The quantitative estimate of drug-likeness (QED) is 0.328. The molecule has 2 aromatic heterocycles. The van der Waals surface area contributed by atoms with Crippen LogP contribution in [0.5, 0.6) is 0 Å². The smallest absolute Gasteiger partial charge is 0.227 e. The van der Waals surface area contributed by atoms with Gasteiger partial charge in [-0.1, -0.05) is 24.8 Å². The number of fused-ring (bicyclic) bond motifs is 1. The molecule has 11 heteroatoms. The third-order valence-electron chi connectivity index (χ3n) is 7.12. The Morgan fingerprint density at radius 1 is 1.18 bits per heavy atom. The molecule has 2 saturated heterocycles. The monoisotopic (exact) mass is 537 g/mol. The van der Waals surface area contributed by atoms with E-state index in [2.05, 4.69) is 22.2 Å². The number of ether oxygens (including phenoxy) is 1. The predicted octanol–water partition coefficient (Wildman–Crippen LogP) is 2.95. The van der Waals surface area contributed by atoms with Crippen LogP contribution in [0.25, 0.3) is 11.0 Å². The highest BCUT2D eigenvalue weighted by molar-refractivity contribution is 7.99. The zero-order valence-corrected chi connectivity index (χ0v) is 23.1. The molecule has 1 aromatic carbocycles. The molecule has 0 bridgehead atoms. The number of morpholine rings is 1. The number of aromatic nitrogens is 4. The topological polar surface area (TPSA) is 105 Å². The highest BCUT2D eigenvalue weighted by Gasteiger charge is 2.35. The fraction of sp³-hybridized carbons (Fsp3) is 0.519. The summed E-state index contributed by atoms with van der Waals surface area (Å²) in [5, 5.41) is 9.24. The average molecular weight is 538 g/mol. The van der Waals surface area contributed by atoms with Gasteiger partial charge in [0.15, 0.2) is 10.8 Å². The summed E-state index contributed by atoms with van der Waals surface area (Å²) in [6, 6.07) is 5.97. The van der Waals surface area contributed by atoms with E-state index >= 15 is 0 Å². The lowest BCUT2D eigenvalue weighted by molar-refractivity contribution is -0.126. The van der Waals surface area contributed by atoms with Crippen molar-refractivity contribution in [1.82, 2.24) is 25.1 Å². The average Bonchev–Trinajstić information content (AvgIpc) is 3.52. The second-order valence-corrected chi connectivity index (χ2v) is 10.9. The molecule has 1 N–H and O–H groups in total. The van der Waals surface area contributed by atoms with Gasteiger partial charge in [0.1, 0.15) is 5.82 Å². The van der Waals surface area contributed by atoms with Crippen molar-refractivity contribution in [2.24, 2.45) is 5.92 Å². The number of aryl methyl sites for hydroxylation is 2. The number of rotatable bonds is 9. The summed E-state index contributed by atoms with van der Waals surface area (Å²) in [4.78, 5) is 39.2. The van der Waals surface area contributed by atoms with Gasteiger partial charge in [-0.2, -0.15) is 5.10 Å². The van der Waals surface area contributed by atoms with Gasteiger partial charge in [0.2, 0.25) is 11.8 Å². The van der Waals surface area contributed by atoms with E-state index < -0.39 is 0 Å². The van der Waals surface area contributed by atoms with Gasteiger partial charge in [-0.3, -0.25) is 9.59 Å². The first-order valence-electron chi connectivity index (χ1n) is 13.3. The molecule has 2 amide bonds. The number of hydrogen-bond acceptors (Lipinski definition) is 8. The number of carbonyl (C=O) groups excluding carboxylic acids is 2. The number of hydrogen-bond donors (Lipinski definition) is 1. The van der Waals surface area contributed by atoms with Crippen LogP contribution in [0.1, 0.15) is 30.9 Å². The SMILES string of the molecule is CCCSc1nc(N2CCOCC2)c2cnn(CCNC(=O)C3CC(=O)N(c4ccc(C)c(C)c4)C3)c2n1. The second kappa shape index (κ2) is 11.7. The van der Waals surface area contributed by atoms with Gasteiger partial charge in [-0.05, 0) is 43.5 Å². The normalized spacial score (nSPS) is 18.0. The van der Waals surface area contributed by atoms with Crippen LogP contribution in [0.15, 0.2) is 29.6 Å². The van der Waals surface area contributed by atoms with Gasteiger partial charge in [0, 0.05) is 44.0 Å². The molecule has 0 spiro atoms.